The highest BCUT2D eigenvalue weighted by Gasteiger charge is 2.21. The number of benzene rings is 3. The van der Waals surface area contributed by atoms with E-state index in [1.807, 2.05) is 30.3 Å². The second kappa shape index (κ2) is 9.09. The normalized spacial score (nSPS) is 15.3. The summed E-state index contributed by atoms with van der Waals surface area (Å²) < 4.78 is 13.3. The zero-order valence-corrected chi connectivity index (χ0v) is 18.2. The van der Waals surface area contributed by atoms with Crippen LogP contribution in [0.1, 0.15) is 30.0 Å². The van der Waals surface area contributed by atoms with Crippen molar-refractivity contribution < 1.29 is 9.18 Å². The molecule has 0 saturated carbocycles. The number of nitrogens with one attached hydrogen (secondary N) is 1. The minimum Gasteiger partial charge on any atom is -0.349 e. The van der Waals surface area contributed by atoms with Gasteiger partial charge in [-0.25, -0.2) is 4.39 Å². The zero-order valence-electron chi connectivity index (χ0n) is 17.4. The number of hydrogen-bond donors (Lipinski definition) is 1. The number of carbonyl (C=O) groups is 1. The Bertz CT molecular complexity index is 1280. The molecule has 1 aliphatic rings. The summed E-state index contributed by atoms with van der Waals surface area (Å²) in [5, 5.41) is 14.6. The molecule has 1 aromatic heterocycles. The molecule has 0 aliphatic heterocycles. The van der Waals surface area contributed by atoms with Crippen LogP contribution in [0.25, 0.3) is 22.0 Å². The average Bonchev–Trinajstić information content (AvgIpc) is 2.83. The van der Waals surface area contributed by atoms with Crippen LogP contribution in [0.4, 0.5) is 4.39 Å². The van der Waals surface area contributed by atoms with E-state index in [1.165, 1.54) is 35.0 Å². The molecule has 1 aliphatic carbocycles. The molecule has 1 atom stereocenters. The molecule has 4 nitrogen and oxygen atoms in total. The zero-order chi connectivity index (χ0) is 21.9. The third kappa shape index (κ3) is 4.23. The van der Waals surface area contributed by atoms with Gasteiger partial charge in [0.2, 0.25) is 5.91 Å². The summed E-state index contributed by atoms with van der Waals surface area (Å²) in [4.78, 5) is 12.7. The number of aryl methyl sites for hydroxylation is 1. The third-order valence-electron chi connectivity index (χ3n) is 5.82. The van der Waals surface area contributed by atoms with Crippen molar-refractivity contribution in [2.75, 3.05) is 5.75 Å². The second-order valence-electron chi connectivity index (χ2n) is 7.91. The molecule has 0 bridgehead atoms. The fourth-order valence-electron chi connectivity index (χ4n) is 4.28. The first-order valence-corrected chi connectivity index (χ1v) is 11.7. The van der Waals surface area contributed by atoms with E-state index in [0.29, 0.717) is 10.7 Å². The molecule has 0 fully saturated rings. The maximum atomic E-state index is 13.3. The van der Waals surface area contributed by atoms with Crippen molar-refractivity contribution in [2.45, 2.75) is 30.3 Å². The van der Waals surface area contributed by atoms with E-state index in [9.17, 15) is 9.18 Å². The molecule has 0 spiro atoms. The Morgan fingerprint density at radius 3 is 2.56 bits per heavy atom. The molecular formula is C26H22FN3OS. The van der Waals surface area contributed by atoms with Crippen LogP contribution in [0, 0.1) is 5.82 Å². The van der Waals surface area contributed by atoms with Gasteiger partial charge in [-0.3, -0.25) is 4.79 Å². The average molecular weight is 444 g/mol. The van der Waals surface area contributed by atoms with Gasteiger partial charge < -0.3 is 5.32 Å². The summed E-state index contributed by atoms with van der Waals surface area (Å²) in [7, 11) is 0. The van der Waals surface area contributed by atoms with E-state index >= 15 is 0 Å². The molecule has 3 aromatic carbocycles. The van der Waals surface area contributed by atoms with Crippen LogP contribution < -0.4 is 5.32 Å². The number of halogens is 1. The molecule has 1 amide bonds. The summed E-state index contributed by atoms with van der Waals surface area (Å²) in [5.74, 6) is -0.0252. The highest BCUT2D eigenvalue weighted by Crippen LogP contribution is 2.32. The summed E-state index contributed by atoms with van der Waals surface area (Å²) in [6, 6.07) is 22.5. The molecule has 32 heavy (non-hydrogen) atoms. The Hall–Kier alpha value is -3.25. The number of fused-ring (bicyclic) bond motifs is 2. The van der Waals surface area contributed by atoms with E-state index in [2.05, 4.69) is 33.7 Å². The Balaban J connectivity index is 1.34. The molecule has 6 heteroatoms. The van der Waals surface area contributed by atoms with Crippen LogP contribution in [-0.4, -0.2) is 21.9 Å². The quantitative estimate of drug-likeness (QED) is 0.401. The fraction of sp³-hybridized carbons (Fsp3) is 0.192. The molecule has 0 radical (unpaired) electrons. The first kappa shape index (κ1) is 20.6. The molecule has 5 rings (SSSR count). The first-order chi connectivity index (χ1) is 15.7. The van der Waals surface area contributed by atoms with Crippen molar-refractivity contribution in [1.82, 2.24) is 15.5 Å². The first-order valence-electron chi connectivity index (χ1n) is 10.7. The predicted octanol–water partition coefficient (Wildman–Crippen LogP) is 5.72. The third-order valence-corrected chi connectivity index (χ3v) is 6.80. The van der Waals surface area contributed by atoms with Gasteiger partial charge in [0.25, 0.3) is 0 Å². The van der Waals surface area contributed by atoms with Crippen molar-refractivity contribution in [3.8, 4) is 11.3 Å². The topological polar surface area (TPSA) is 54.9 Å². The van der Waals surface area contributed by atoms with Crippen molar-refractivity contribution in [1.29, 1.82) is 0 Å². The van der Waals surface area contributed by atoms with Gasteiger partial charge in [-0.15, -0.1) is 10.2 Å². The lowest BCUT2D eigenvalue weighted by Crippen LogP contribution is -2.32. The Kier molecular flexibility index (Phi) is 5.86. The van der Waals surface area contributed by atoms with Gasteiger partial charge in [-0.05, 0) is 54.7 Å². The lowest BCUT2D eigenvalue weighted by atomic mass is 9.88. The van der Waals surface area contributed by atoms with Gasteiger partial charge in [0.05, 0.1) is 11.8 Å². The van der Waals surface area contributed by atoms with Crippen LogP contribution in [0.2, 0.25) is 0 Å². The van der Waals surface area contributed by atoms with Crippen molar-refractivity contribution in [2.24, 2.45) is 0 Å². The van der Waals surface area contributed by atoms with Crippen LogP contribution in [0.5, 0.6) is 0 Å². The molecule has 1 heterocycles. The number of aromatic nitrogens is 2. The van der Waals surface area contributed by atoms with E-state index < -0.39 is 0 Å². The van der Waals surface area contributed by atoms with Crippen LogP contribution in [0.15, 0.2) is 77.8 Å². The van der Waals surface area contributed by atoms with E-state index in [1.54, 1.807) is 12.1 Å². The molecule has 0 unspecified atom stereocenters. The van der Waals surface area contributed by atoms with Crippen LogP contribution >= 0.6 is 11.8 Å². The number of hydrogen-bond acceptors (Lipinski definition) is 4. The maximum absolute atomic E-state index is 13.3. The summed E-state index contributed by atoms with van der Waals surface area (Å²) in [5.41, 5.74) is 4.06. The number of nitrogens with zero attached hydrogens (tertiary/aromatic N) is 2. The van der Waals surface area contributed by atoms with Gasteiger partial charge in [0.1, 0.15) is 16.5 Å². The molecule has 0 saturated heterocycles. The Morgan fingerprint density at radius 2 is 1.72 bits per heavy atom. The molecular weight excluding hydrogens is 421 g/mol. The van der Waals surface area contributed by atoms with Crippen molar-refractivity contribution in [3.63, 3.8) is 0 Å². The van der Waals surface area contributed by atoms with Crippen molar-refractivity contribution >= 4 is 28.4 Å². The van der Waals surface area contributed by atoms with E-state index in [0.717, 1.165) is 35.6 Å². The molecule has 1 N–H and O–H groups in total. The summed E-state index contributed by atoms with van der Waals surface area (Å²) in [6.45, 7) is 0. The van der Waals surface area contributed by atoms with Crippen LogP contribution in [0.3, 0.4) is 0 Å². The van der Waals surface area contributed by atoms with Crippen LogP contribution in [-0.2, 0) is 11.2 Å². The van der Waals surface area contributed by atoms with E-state index in [-0.39, 0.29) is 23.5 Å². The molecule has 4 aromatic rings. The summed E-state index contributed by atoms with van der Waals surface area (Å²) in [6.07, 6.45) is 3.11. The van der Waals surface area contributed by atoms with Gasteiger partial charge in [0.15, 0.2) is 0 Å². The van der Waals surface area contributed by atoms with Gasteiger partial charge in [-0.2, -0.15) is 0 Å². The van der Waals surface area contributed by atoms with Crippen molar-refractivity contribution in [3.05, 3.63) is 89.7 Å². The summed E-state index contributed by atoms with van der Waals surface area (Å²) >= 11 is 1.39. The maximum Gasteiger partial charge on any atom is 0.230 e. The van der Waals surface area contributed by atoms with Gasteiger partial charge >= 0.3 is 0 Å². The Morgan fingerprint density at radius 1 is 0.969 bits per heavy atom. The largest absolute Gasteiger partial charge is 0.349 e. The minimum absolute atomic E-state index is 0.00908. The highest BCUT2D eigenvalue weighted by molar-refractivity contribution is 8.00. The molecule has 160 valence electrons. The number of thioether (sulfide) groups is 1. The van der Waals surface area contributed by atoms with Gasteiger partial charge in [0, 0.05) is 16.3 Å². The lowest BCUT2D eigenvalue weighted by molar-refractivity contribution is -0.119. The predicted molar refractivity (Wildman–Crippen MR) is 126 cm³/mol. The SMILES string of the molecule is O=C(CSc1nnc(-c2ccc(F)cc2)c2ccccc12)N[C@H]1CCCc2ccccc21. The second-order valence-corrected chi connectivity index (χ2v) is 8.87. The lowest BCUT2D eigenvalue weighted by Gasteiger charge is -2.26. The van der Waals surface area contributed by atoms with Gasteiger partial charge in [-0.1, -0.05) is 60.3 Å². The number of carbonyl (C=O) groups excluding carboxylic acids is 1. The number of rotatable bonds is 5. The standard InChI is InChI=1S/C26H22FN3OS/c27-19-14-12-18(13-15-19)25-21-9-3-4-10-22(21)26(30-29-25)32-16-24(31)28-23-11-5-7-17-6-1-2-8-20(17)23/h1-4,6,8-10,12-15,23H,5,7,11,16H2,(H,28,31)/t23-/m0/s1. The monoisotopic (exact) mass is 443 g/mol. The smallest absolute Gasteiger partial charge is 0.230 e. The highest BCUT2D eigenvalue weighted by atomic mass is 32.2. The number of amides is 1. The Labute approximate surface area is 190 Å². The fourth-order valence-corrected chi connectivity index (χ4v) is 5.06. The minimum atomic E-state index is -0.287. The van der Waals surface area contributed by atoms with E-state index in [4.69, 9.17) is 0 Å².